The standard InChI is InChI=1S/C18H27N3/c1-12-7-8-14(13(2)9-12)15(11-19)16-10-17(18(3,4)5)20-21(16)6/h7-10,15H,11,19H2,1-6H3. The molecule has 0 aliphatic heterocycles. The maximum Gasteiger partial charge on any atom is 0.0681 e. The van der Waals surface area contributed by atoms with E-state index in [0.717, 1.165) is 5.69 Å². The second-order valence-electron chi connectivity index (χ2n) is 6.98. The quantitative estimate of drug-likeness (QED) is 0.939. The molecule has 3 nitrogen and oxygen atoms in total. The van der Waals surface area contributed by atoms with Crippen molar-refractivity contribution >= 4 is 0 Å². The fraction of sp³-hybridized carbons (Fsp3) is 0.500. The van der Waals surface area contributed by atoms with Gasteiger partial charge in [0.15, 0.2) is 0 Å². The Balaban J connectivity index is 2.49. The Morgan fingerprint density at radius 2 is 1.86 bits per heavy atom. The molecule has 0 amide bonds. The molecule has 0 saturated carbocycles. The summed E-state index contributed by atoms with van der Waals surface area (Å²) in [4.78, 5) is 0. The fourth-order valence-electron chi connectivity index (χ4n) is 2.80. The predicted octanol–water partition coefficient (Wildman–Crippen LogP) is 3.43. The molecule has 0 fully saturated rings. The third-order valence-electron chi connectivity index (χ3n) is 4.08. The van der Waals surface area contributed by atoms with Crippen LogP contribution in [-0.4, -0.2) is 16.3 Å². The van der Waals surface area contributed by atoms with Crippen molar-refractivity contribution in [2.45, 2.75) is 46.0 Å². The third kappa shape index (κ3) is 3.18. The monoisotopic (exact) mass is 285 g/mol. The summed E-state index contributed by atoms with van der Waals surface area (Å²) in [7, 11) is 2.01. The molecular weight excluding hydrogens is 258 g/mol. The van der Waals surface area contributed by atoms with Gasteiger partial charge >= 0.3 is 0 Å². The van der Waals surface area contributed by atoms with Crippen LogP contribution in [0.5, 0.6) is 0 Å². The summed E-state index contributed by atoms with van der Waals surface area (Å²) in [6.07, 6.45) is 0. The minimum atomic E-state index is 0.0531. The molecule has 0 bridgehead atoms. The second kappa shape index (κ2) is 5.64. The molecule has 0 aliphatic rings. The highest BCUT2D eigenvalue weighted by molar-refractivity contribution is 5.38. The van der Waals surface area contributed by atoms with E-state index in [1.807, 2.05) is 11.7 Å². The first-order chi connectivity index (χ1) is 9.74. The lowest BCUT2D eigenvalue weighted by atomic mass is 9.88. The largest absolute Gasteiger partial charge is 0.329 e. The van der Waals surface area contributed by atoms with Crippen LogP contribution < -0.4 is 5.73 Å². The van der Waals surface area contributed by atoms with E-state index in [4.69, 9.17) is 5.73 Å². The Kier molecular flexibility index (Phi) is 4.24. The maximum absolute atomic E-state index is 6.09. The normalized spacial score (nSPS) is 13.5. The zero-order valence-electron chi connectivity index (χ0n) is 14.1. The van der Waals surface area contributed by atoms with Crippen LogP contribution in [0.1, 0.15) is 54.8 Å². The molecule has 1 heterocycles. The lowest BCUT2D eigenvalue weighted by Gasteiger charge is -2.18. The molecule has 2 aromatic rings. The fourth-order valence-corrected chi connectivity index (χ4v) is 2.80. The number of nitrogens with zero attached hydrogens (tertiary/aromatic N) is 2. The Morgan fingerprint density at radius 1 is 1.19 bits per heavy atom. The highest BCUT2D eigenvalue weighted by Crippen LogP contribution is 2.30. The summed E-state index contributed by atoms with van der Waals surface area (Å²) in [5.74, 6) is 0.194. The van der Waals surface area contributed by atoms with E-state index in [1.165, 1.54) is 22.4 Å². The van der Waals surface area contributed by atoms with Gasteiger partial charge in [-0.15, -0.1) is 0 Å². The van der Waals surface area contributed by atoms with Crippen LogP contribution in [0.25, 0.3) is 0 Å². The lowest BCUT2D eigenvalue weighted by Crippen LogP contribution is -2.18. The van der Waals surface area contributed by atoms with E-state index in [1.54, 1.807) is 0 Å². The minimum Gasteiger partial charge on any atom is -0.329 e. The zero-order valence-corrected chi connectivity index (χ0v) is 14.1. The van der Waals surface area contributed by atoms with E-state index in [0.29, 0.717) is 6.54 Å². The first-order valence-electron chi connectivity index (χ1n) is 7.55. The van der Waals surface area contributed by atoms with Gasteiger partial charge < -0.3 is 5.73 Å². The van der Waals surface area contributed by atoms with E-state index in [9.17, 15) is 0 Å². The molecule has 1 aromatic carbocycles. The van der Waals surface area contributed by atoms with Crippen molar-refractivity contribution in [1.29, 1.82) is 0 Å². The smallest absolute Gasteiger partial charge is 0.0681 e. The zero-order chi connectivity index (χ0) is 15.8. The molecule has 2 N–H and O–H groups in total. The predicted molar refractivity (Wildman–Crippen MR) is 88.7 cm³/mol. The van der Waals surface area contributed by atoms with E-state index < -0.39 is 0 Å². The number of aryl methyl sites for hydroxylation is 3. The minimum absolute atomic E-state index is 0.0531. The van der Waals surface area contributed by atoms with Crippen LogP contribution in [0.15, 0.2) is 24.3 Å². The molecule has 2 rings (SSSR count). The van der Waals surface area contributed by atoms with Crippen LogP contribution in [0, 0.1) is 13.8 Å². The molecule has 0 saturated heterocycles. The molecule has 0 radical (unpaired) electrons. The summed E-state index contributed by atoms with van der Waals surface area (Å²) >= 11 is 0. The van der Waals surface area contributed by atoms with Gasteiger partial charge in [0.05, 0.1) is 5.69 Å². The molecule has 3 heteroatoms. The van der Waals surface area contributed by atoms with Gasteiger partial charge in [-0.05, 0) is 31.0 Å². The van der Waals surface area contributed by atoms with Crippen LogP contribution in [0.2, 0.25) is 0 Å². The number of hydrogen-bond donors (Lipinski definition) is 1. The first kappa shape index (κ1) is 15.8. The Hall–Kier alpha value is -1.61. The molecule has 21 heavy (non-hydrogen) atoms. The van der Waals surface area contributed by atoms with Crippen molar-refractivity contribution in [2.24, 2.45) is 12.8 Å². The Bertz CT molecular complexity index is 632. The van der Waals surface area contributed by atoms with Gasteiger partial charge in [-0.2, -0.15) is 5.10 Å². The molecular formula is C18H27N3. The molecule has 1 unspecified atom stereocenters. The van der Waals surface area contributed by atoms with E-state index >= 15 is 0 Å². The average Bonchev–Trinajstić information content (AvgIpc) is 2.75. The highest BCUT2D eigenvalue weighted by atomic mass is 15.3. The van der Waals surface area contributed by atoms with Crippen molar-refractivity contribution < 1.29 is 0 Å². The first-order valence-corrected chi connectivity index (χ1v) is 7.55. The molecule has 1 aromatic heterocycles. The van der Waals surface area contributed by atoms with Crippen molar-refractivity contribution in [1.82, 2.24) is 9.78 Å². The van der Waals surface area contributed by atoms with Gasteiger partial charge in [0.1, 0.15) is 0 Å². The third-order valence-corrected chi connectivity index (χ3v) is 4.08. The van der Waals surface area contributed by atoms with Crippen molar-refractivity contribution in [3.8, 4) is 0 Å². The average molecular weight is 285 g/mol. The SMILES string of the molecule is Cc1ccc(C(CN)c2cc(C(C)(C)C)nn2C)c(C)c1. The highest BCUT2D eigenvalue weighted by Gasteiger charge is 2.24. The van der Waals surface area contributed by atoms with Crippen LogP contribution in [-0.2, 0) is 12.5 Å². The Morgan fingerprint density at radius 3 is 2.33 bits per heavy atom. The van der Waals surface area contributed by atoms with Crippen LogP contribution in [0.3, 0.4) is 0 Å². The summed E-state index contributed by atoms with van der Waals surface area (Å²) in [6, 6.07) is 8.79. The van der Waals surface area contributed by atoms with Crippen molar-refractivity contribution in [3.63, 3.8) is 0 Å². The number of aromatic nitrogens is 2. The number of benzene rings is 1. The van der Waals surface area contributed by atoms with E-state index in [-0.39, 0.29) is 11.3 Å². The second-order valence-corrected chi connectivity index (χ2v) is 6.98. The Labute approximate surface area is 128 Å². The lowest BCUT2D eigenvalue weighted by molar-refractivity contribution is 0.550. The van der Waals surface area contributed by atoms with Gasteiger partial charge in [0.25, 0.3) is 0 Å². The van der Waals surface area contributed by atoms with Crippen molar-refractivity contribution in [2.75, 3.05) is 6.54 Å². The molecule has 0 aliphatic carbocycles. The van der Waals surface area contributed by atoms with Crippen molar-refractivity contribution in [3.05, 3.63) is 52.3 Å². The molecule has 114 valence electrons. The summed E-state index contributed by atoms with van der Waals surface area (Å²) in [6.45, 7) is 11.4. The maximum atomic E-state index is 6.09. The van der Waals surface area contributed by atoms with E-state index in [2.05, 4.69) is 64.0 Å². The summed E-state index contributed by atoms with van der Waals surface area (Å²) in [5, 5.41) is 4.68. The summed E-state index contributed by atoms with van der Waals surface area (Å²) < 4.78 is 1.98. The summed E-state index contributed by atoms with van der Waals surface area (Å²) in [5.41, 5.74) is 12.3. The molecule has 0 spiro atoms. The van der Waals surface area contributed by atoms with Gasteiger partial charge in [0.2, 0.25) is 0 Å². The number of nitrogens with two attached hydrogens (primary N) is 1. The van der Waals surface area contributed by atoms with Crippen LogP contribution in [0.4, 0.5) is 0 Å². The van der Waals surface area contributed by atoms with Gasteiger partial charge in [0, 0.05) is 30.6 Å². The number of hydrogen-bond acceptors (Lipinski definition) is 2. The number of rotatable bonds is 3. The van der Waals surface area contributed by atoms with Gasteiger partial charge in [-0.3, -0.25) is 4.68 Å². The molecule has 1 atom stereocenters. The van der Waals surface area contributed by atoms with Gasteiger partial charge in [-0.1, -0.05) is 44.5 Å². The van der Waals surface area contributed by atoms with Gasteiger partial charge in [-0.25, -0.2) is 0 Å². The topological polar surface area (TPSA) is 43.8 Å². The van der Waals surface area contributed by atoms with Crippen LogP contribution >= 0.6 is 0 Å².